The van der Waals surface area contributed by atoms with Crippen LogP contribution in [-0.2, 0) is 14.4 Å². The smallest absolute Gasteiger partial charge is 0.191 e. The Morgan fingerprint density at radius 1 is 1.12 bits per heavy atom. The van der Waals surface area contributed by atoms with E-state index in [2.05, 4.69) is 0 Å². The molecule has 0 spiro atoms. The fraction of sp³-hybridized carbons (Fsp3) is 0.550. The van der Waals surface area contributed by atoms with Crippen LogP contribution in [0.3, 0.4) is 0 Å². The van der Waals surface area contributed by atoms with Crippen molar-refractivity contribution in [3.05, 3.63) is 34.6 Å². The molecule has 1 unspecified atom stereocenters. The Morgan fingerprint density at radius 2 is 1.64 bits per heavy atom. The second-order valence-corrected chi connectivity index (χ2v) is 7.35. The molecule has 0 aliphatic heterocycles. The monoisotopic (exact) mass is 348 g/mol. The van der Waals surface area contributed by atoms with Crippen molar-refractivity contribution in [3.63, 3.8) is 0 Å². The maximum atomic E-state index is 12.7. The lowest BCUT2D eigenvalue weighted by Crippen LogP contribution is -2.46. The van der Waals surface area contributed by atoms with Gasteiger partial charge < -0.3 is 10.2 Å². The highest BCUT2D eigenvalue weighted by molar-refractivity contribution is 6.26. The predicted octanol–water partition coefficient (Wildman–Crippen LogP) is 3.24. The molecule has 2 atom stereocenters. The van der Waals surface area contributed by atoms with Crippen LogP contribution in [-0.4, -0.2) is 33.2 Å². The summed E-state index contributed by atoms with van der Waals surface area (Å²) in [7, 11) is 0. The normalized spacial score (nSPS) is 23.0. The highest BCUT2D eigenvalue weighted by Gasteiger charge is 2.58. The van der Waals surface area contributed by atoms with Crippen LogP contribution in [0.15, 0.2) is 34.6 Å². The Bertz CT molecular complexity index is 670. The summed E-state index contributed by atoms with van der Waals surface area (Å²) < 4.78 is 0. The van der Waals surface area contributed by atoms with Gasteiger partial charge in [-0.3, -0.25) is 14.4 Å². The first-order chi connectivity index (χ1) is 11.4. The van der Waals surface area contributed by atoms with Crippen molar-refractivity contribution < 1.29 is 24.6 Å². The van der Waals surface area contributed by atoms with Crippen LogP contribution in [0.2, 0.25) is 0 Å². The topological polar surface area (TPSA) is 91.7 Å². The van der Waals surface area contributed by atoms with Crippen molar-refractivity contribution >= 4 is 17.3 Å². The highest BCUT2D eigenvalue weighted by atomic mass is 16.3. The van der Waals surface area contributed by atoms with Crippen molar-refractivity contribution in [1.82, 2.24) is 0 Å². The fourth-order valence-corrected chi connectivity index (χ4v) is 2.77. The largest absolute Gasteiger partial charge is 0.508 e. The summed E-state index contributed by atoms with van der Waals surface area (Å²) in [5, 5.41) is 21.5. The van der Waals surface area contributed by atoms with Gasteiger partial charge in [0.05, 0.1) is 5.92 Å². The molecule has 1 aliphatic rings. The van der Waals surface area contributed by atoms with E-state index in [9.17, 15) is 24.6 Å². The van der Waals surface area contributed by atoms with Gasteiger partial charge in [-0.2, -0.15) is 0 Å². The lowest BCUT2D eigenvalue weighted by atomic mass is 9.81. The molecule has 2 N–H and O–H groups in total. The molecule has 0 amide bonds. The first-order valence-corrected chi connectivity index (χ1v) is 8.49. The minimum absolute atomic E-state index is 0.0805. The van der Waals surface area contributed by atoms with Gasteiger partial charge in [-0.1, -0.05) is 37.1 Å². The summed E-state index contributed by atoms with van der Waals surface area (Å²) in [5.74, 6) is -4.41. The number of hydrogen-bond acceptors (Lipinski definition) is 5. The third-order valence-electron chi connectivity index (χ3n) is 4.32. The van der Waals surface area contributed by atoms with Gasteiger partial charge in [0.15, 0.2) is 23.0 Å². The molecule has 0 bridgehead atoms. The molecule has 0 aromatic rings. The number of ketones is 3. The third kappa shape index (κ3) is 4.15. The summed E-state index contributed by atoms with van der Waals surface area (Å²) in [5.41, 5.74) is -0.996. The van der Waals surface area contributed by atoms with E-state index >= 15 is 0 Å². The SMILES string of the molecule is CC(C)=CCC(=O)[C@]1(O)C(O)=C(C(=O)C(C)C)C(=O)C1CC=C(C)C. The molecule has 1 rings (SSSR count). The molecular weight excluding hydrogens is 320 g/mol. The Hall–Kier alpha value is -2.01. The quantitative estimate of drug-likeness (QED) is 0.544. The lowest BCUT2D eigenvalue weighted by Gasteiger charge is -2.27. The number of Topliss-reactive ketones (excluding diaryl/α,β-unsaturated/α-hetero) is 3. The molecule has 0 aromatic carbocycles. The van der Waals surface area contributed by atoms with Crippen LogP contribution >= 0.6 is 0 Å². The first-order valence-electron chi connectivity index (χ1n) is 8.49. The van der Waals surface area contributed by atoms with Gasteiger partial charge in [0.2, 0.25) is 0 Å². The van der Waals surface area contributed by atoms with Gasteiger partial charge >= 0.3 is 0 Å². The van der Waals surface area contributed by atoms with Crippen molar-refractivity contribution in [1.29, 1.82) is 0 Å². The molecule has 1 aliphatic carbocycles. The summed E-state index contributed by atoms with van der Waals surface area (Å²) in [6.07, 6.45) is 3.30. The fourth-order valence-electron chi connectivity index (χ4n) is 2.77. The molecule has 0 saturated heterocycles. The number of hydrogen-bond donors (Lipinski definition) is 2. The number of carbonyl (C=O) groups is 3. The van der Waals surface area contributed by atoms with Crippen LogP contribution in [0, 0.1) is 11.8 Å². The van der Waals surface area contributed by atoms with Gasteiger partial charge in [-0.05, 0) is 34.1 Å². The van der Waals surface area contributed by atoms with Gasteiger partial charge in [0.25, 0.3) is 0 Å². The summed E-state index contributed by atoms with van der Waals surface area (Å²) >= 11 is 0. The molecule has 0 heterocycles. The number of aliphatic hydroxyl groups excluding tert-OH is 1. The molecule has 138 valence electrons. The molecule has 25 heavy (non-hydrogen) atoms. The number of allylic oxidation sites excluding steroid dienone is 5. The maximum Gasteiger partial charge on any atom is 0.191 e. The molecule has 0 radical (unpaired) electrons. The van der Waals surface area contributed by atoms with Gasteiger partial charge in [-0.25, -0.2) is 0 Å². The van der Waals surface area contributed by atoms with Gasteiger partial charge in [0, 0.05) is 12.3 Å². The minimum atomic E-state index is -2.35. The zero-order valence-electron chi connectivity index (χ0n) is 15.8. The summed E-state index contributed by atoms with van der Waals surface area (Å²) in [6, 6.07) is 0. The number of aliphatic hydroxyl groups is 2. The van der Waals surface area contributed by atoms with Crippen molar-refractivity contribution in [2.75, 3.05) is 0 Å². The van der Waals surface area contributed by atoms with Crippen LogP contribution in [0.1, 0.15) is 54.4 Å². The zero-order valence-corrected chi connectivity index (χ0v) is 15.8. The Kier molecular flexibility index (Phi) is 6.66. The summed E-state index contributed by atoms with van der Waals surface area (Å²) in [4.78, 5) is 37.7. The molecular formula is C20H28O5. The van der Waals surface area contributed by atoms with E-state index in [0.29, 0.717) is 0 Å². The molecule has 0 aromatic heterocycles. The Morgan fingerprint density at radius 3 is 2.08 bits per heavy atom. The van der Waals surface area contributed by atoms with E-state index in [4.69, 9.17) is 0 Å². The van der Waals surface area contributed by atoms with Crippen LogP contribution in [0.5, 0.6) is 0 Å². The first kappa shape index (κ1) is 21.0. The van der Waals surface area contributed by atoms with E-state index in [1.54, 1.807) is 39.8 Å². The highest BCUT2D eigenvalue weighted by Crippen LogP contribution is 2.41. The van der Waals surface area contributed by atoms with Gasteiger partial charge in [0.1, 0.15) is 11.3 Å². The minimum Gasteiger partial charge on any atom is -0.508 e. The van der Waals surface area contributed by atoms with Gasteiger partial charge in [-0.15, -0.1) is 0 Å². The van der Waals surface area contributed by atoms with E-state index in [0.717, 1.165) is 11.1 Å². The lowest BCUT2D eigenvalue weighted by molar-refractivity contribution is -0.144. The molecule has 5 heteroatoms. The number of carbonyl (C=O) groups excluding carboxylic acids is 3. The zero-order chi connectivity index (χ0) is 19.5. The van der Waals surface area contributed by atoms with E-state index in [1.165, 1.54) is 0 Å². The second-order valence-electron chi connectivity index (χ2n) is 7.35. The Labute approximate surface area is 149 Å². The molecule has 0 fully saturated rings. The average Bonchev–Trinajstić information content (AvgIpc) is 2.69. The third-order valence-corrected chi connectivity index (χ3v) is 4.32. The number of rotatable bonds is 7. The van der Waals surface area contributed by atoms with E-state index in [-0.39, 0.29) is 12.8 Å². The van der Waals surface area contributed by atoms with Crippen molar-refractivity contribution in [2.24, 2.45) is 11.8 Å². The average molecular weight is 348 g/mol. The molecule has 5 nitrogen and oxygen atoms in total. The molecule has 0 saturated carbocycles. The van der Waals surface area contributed by atoms with Crippen LogP contribution in [0.4, 0.5) is 0 Å². The Balaban J connectivity index is 3.45. The predicted molar refractivity (Wildman–Crippen MR) is 96.0 cm³/mol. The van der Waals surface area contributed by atoms with Crippen LogP contribution < -0.4 is 0 Å². The van der Waals surface area contributed by atoms with E-state index in [1.807, 2.05) is 13.8 Å². The van der Waals surface area contributed by atoms with Crippen molar-refractivity contribution in [2.45, 2.75) is 60.0 Å². The standard InChI is InChI=1S/C20H28O5/c1-11(2)7-9-14-18(23)16(17(22)13(5)6)19(24)20(14,25)15(21)10-8-12(3)4/h7-8,13-14,24-25H,9-10H2,1-6H3/t14?,20-/m0/s1. The summed E-state index contributed by atoms with van der Waals surface area (Å²) in [6.45, 7) is 10.5. The van der Waals surface area contributed by atoms with E-state index < -0.39 is 46.1 Å². The van der Waals surface area contributed by atoms with Crippen LogP contribution in [0.25, 0.3) is 0 Å². The maximum absolute atomic E-state index is 12.7. The second kappa shape index (κ2) is 7.91. The van der Waals surface area contributed by atoms with Crippen molar-refractivity contribution in [3.8, 4) is 0 Å².